The fourth-order valence-electron chi connectivity index (χ4n) is 3.68. The van der Waals surface area contributed by atoms with E-state index in [2.05, 4.69) is 77.6 Å². The van der Waals surface area contributed by atoms with Gasteiger partial charge in [0.1, 0.15) is 5.60 Å². The van der Waals surface area contributed by atoms with Crippen LogP contribution in [-0.2, 0) is 23.3 Å². The van der Waals surface area contributed by atoms with Crippen LogP contribution in [0.5, 0.6) is 0 Å². The molecule has 1 aliphatic rings. The van der Waals surface area contributed by atoms with Gasteiger partial charge in [-0.15, -0.1) is 0 Å². The largest absolute Gasteiger partial charge is 0.370 e. The Morgan fingerprint density at radius 3 is 2.30 bits per heavy atom. The van der Waals surface area contributed by atoms with Crippen LogP contribution in [0.3, 0.4) is 0 Å². The SMILES string of the molecule is COC1(Cc2ccc(N(C)Cc3ccccc3)cc2)C=Nc2ccccc21. The Hall–Kier alpha value is -2.91. The smallest absolute Gasteiger partial charge is 0.134 e. The Kier molecular flexibility index (Phi) is 4.78. The van der Waals surface area contributed by atoms with Crippen molar-refractivity contribution in [2.24, 2.45) is 4.99 Å². The highest BCUT2D eigenvalue weighted by atomic mass is 16.5. The van der Waals surface area contributed by atoms with Crippen molar-refractivity contribution in [2.75, 3.05) is 19.1 Å². The topological polar surface area (TPSA) is 24.8 Å². The number of ether oxygens (including phenoxy) is 1. The third-order valence-corrected chi connectivity index (χ3v) is 5.24. The monoisotopic (exact) mass is 356 g/mol. The van der Waals surface area contributed by atoms with Crippen LogP contribution in [0.4, 0.5) is 11.4 Å². The summed E-state index contributed by atoms with van der Waals surface area (Å²) in [7, 11) is 3.88. The maximum atomic E-state index is 5.93. The standard InChI is InChI=1S/C24H24N2O/c1-26(17-20-8-4-3-5-9-20)21-14-12-19(13-15-21)16-24(27-2)18-25-23-11-7-6-10-22(23)24/h3-15,18H,16-17H2,1-2H3. The lowest BCUT2D eigenvalue weighted by Gasteiger charge is -2.27. The molecule has 27 heavy (non-hydrogen) atoms. The van der Waals surface area contributed by atoms with E-state index >= 15 is 0 Å². The van der Waals surface area contributed by atoms with E-state index in [4.69, 9.17) is 4.74 Å². The first kappa shape index (κ1) is 17.5. The fraction of sp³-hybridized carbons (Fsp3) is 0.208. The zero-order valence-electron chi connectivity index (χ0n) is 15.8. The number of methoxy groups -OCH3 is 1. The molecule has 1 atom stereocenters. The molecule has 1 unspecified atom stereocenters. The normalized spacial score (nSPS) is 17.7. The number of anilines is 1. The molecule has 3 aromatic rings. The Balaban J connectivity index is 1.50. The van der Waals surface area contributed by atoms with Gasteiger partial charge in [0.05, 0.1) is 5.69 Å². The van der Waals surface area contributed by atoms with Gasteiger partial charge in [0.25, 0.3) is 0 Å². The Morgan fingerprint density at radius 2 is 1.56 bits per heavy atom. The molecule has 0 bridgehead atoms. The second-order valence-corrected chi connectivity index (χ2v) is 7.05. The van der Waals surface area contributed by atoms with Gasteiger partial charge in [-0.2, -0.15) is 0 Å². The highest BCUT2D eigenvalue weighted by Crippen LogP contribution is 2.39. The number of aliphatic imine (C=N–C) groups is 1. The van der Waals surface area contributed by atoms with Crippen molar-refractivity contribution in [3.05, 3.63) is 95.6 Å². The second-order valence-electron chi connectivity index (χ2n) is 7.05. The Morgan fingerprint density at radius 1 is 0.852 bits per heavy atom. The van der Waals surface area contributed by atoms with Crippen LogP contribution in [0.25, 0.3) is 0 Å². The van der Waals surface area contributed by atoms with E-state index in [1.54, 1.807) is 7.11 Å². The van der Waals surface area contributed by atoms with Crippen LogP contribution in [0.15, 0.2) is 83.9 Å². The van der Waals surface area contributed by atoms with Gasteiger partial charge in [0.15, 0.2) is 0 Å². The summed E-state index contributed by atoms with van der Waals surface area (Å²) in [6, 6.07) is 27.5. The van der Waals surface area contributed by atoms with E-state index in [9.17, 15) is 0 Å². The molecule has 0 fully saturated rings. The first-order valence-electron chi connectivity index (χ1n) is 9.24. The van der Waals surface area contributed by atoms with Crippen LogP contribution >= 0.6 is 0 Å². The lowest BCUT2D eigenvalue weighted by molar-refractivity contribution is 0.0552. The molecule has 0 saturated heterocycles. The van der Waals surface area contributed by atoms with Crippen molar-refractivity contribution in [2.45, 2.75) is 18.6 Å². The van der Waals surface area contributed by atoms with E-state index in [1.807, 2.05) is 24.4 Å². The zero-order chi connectivity index (χ0) is 18.7. The molecule has 136 valence electrons. The molecular formula is C24H24N2O. The molecule has 0 aromatic heterocycles. The van der Waals surface area contributed by atoms with Gasteiger partial charge >= 0.3 is 0 Å². The molecule has 0 N–H and O–H groups in total. The van der Waals surface area contributed by atoms with Gasteiger partial charge in [-0.05, 0) is 29.3 Å². The van der Waals surface area contributed by atoms with Crippen molar-refractivity contribution in [1.29, 1.82) is 0 Å². The van der Waals surface area contributed by atoms with Crippen LogP contribution < -0.4 is 4.90 Å². The number of hydrogen-bond acceptors (Lipinski definition) is 3. The molecule has 1 aliphatic heterocycles. The minimum absolute atomic E-state index is 0.478. The summed E-state index contributed by atoms with van der Waals surface area (Å²) in [5, 5.41) is 0. The van der Waals surface area contributed by atoms with Gasteiger partial charge in [-0.25, -0.2) is 0 Å². The average molecular weight is 356 g/mol. The molecule has 3 heteroatoms. The summed E-state index contributed by atoms with van der Waals surface area (Å²) in [4.78, 5) is 6.82. The maximum Gasteiger partial charge on any atom is 0.134 e. The van der Waals surface area contributed by atoms with E-state index in [0.717, 1.165) is 24.2 Å². The molecule has 0 amide bonds. The number of para-hydroxylation sites is 1. The number of rotatable bonds is 6. The maximum absolute atomic E-state index is 5.93. The Bertz CT molecular complexity index is 934. The number of hydrogen-bond donors (Lipinski definition) is 0. The van der Waals surface area contributed by atoms with Gasteiger partial charge in [-0.3, -0.25) is 4.99 Å². The highest BCUT2D eigenvalue weighted by Gasteiger charge is 2.36. The van der Waals surface area contributed by atoms with Gasteiger partial charge in [-0.1, -0.05) is 60.7 Å². The van der Waals surface area contributed by atoms with Crippen molar-refractivity contribution in [3.63, 3.8) is 0 Å². The predicted molar refractivity (Wildman–Crippen MR) is 112 cm³/mol. The molecule has 3 nitrogen and oxygen atoms in total. The second kappa shape index (κ2) is 7.37. The summed E-state index contributed by atoms with van der Waals surface area (Å²) in [5.41, 5.74) is 5.40. The van der Waals surface area contributed by atoms with Crippen molar-refractivity contribution in [3.8, 4) is 0 Å². The lowest BCUT2D eigenvalue weighted by Crippen LogP contribution is -2.30. The quantitative estimate of drug-likeness (QED) is 0.612. The molecule has 1 heterocycles. The first-order valence-corrected chi connectivity index (χ1v) is 9.24. The zero-order valence-corrected chi connectivity index (χ0v) is 15.8. The van der Waals surface area contributed by atoms with Gasteiger partial charge in [0.2, 0.25) is 0 Å². The van der Waals surface area contributed by atoms with Crippen molar-refractivity contribution >= 4 is 17.6 Å². The van der Waals surface area contributed by atoms with E-state index in [0.29, 0.717) is 0 Å². The predicted octanol–water partition coefficient (Wildman–Crippen LogP) is 5.12. The minimum atomic E-state index is -0.478. The molecule has 3 aromatic carbocycles. The van der Waals surface area contributed by atoms with E-state index < -0.39 is 5.60 Å². The molecular weight excluding hydrogens is 332 g/mol. The molecule has 4 rings (SSSR count). The summed E-state index contributed by atoms with van der Waals surface area (Å²) in [5.74, 6) is 0. The van der Waals surface area contributed by atoms with Gasteiger partial charge < -0.3 is 9.64 Å². The highest BCUT2D eigenvalue weighted by molar-refractivity contribution is 5.84. The summed E-state index contributed by atoms with van der Waals surface area (Å²) >= 11 is 0. The van der Waals surface area contributed by atoms with Crippen LogP contribution in [0.1, 0.15) is 16.7 Å². The number of benzene rings is 3. The minimum Gasteiger partial charge on any atom is -0.370 e. The molecule has 0 aliphatic carbocycles. The van der Waals surface area contributed by atoms with Gasteiger partial charge in [0, 0.05) is 44.6 Å². The third kappa shape index (κ3) is 3.51. The summed E-state index contributed by atoms with van der Waals surface area (Å²) in [6.45, 7) is 0.891. The summed E-state index contributed by atoms with van der Waals surface area (Å²) in [6.07, 6.45) is 2.71. The molecule has 0 radical (unpaired) electrons. The van der Waals surface area contributed by atoms with Crippen molar-refractivity contribution < 1.29 is 4.74 Å². The van der Waals surface area contributed by atoms with E-state index in [-0.39, 0.29) is 0 Å². The molecule has 0 saturated carbocycles. The van der Waals surface area contributed by atoms with Crippen molar-refractivity contribution in [1.82, 2.24) is 0 Å². The number of fused-ring (bicyclic) bond motifs is 1. The van der Waals surface area contributed by atoms with Crippen LogP contribution in [0, 0.1) is 0 Å². The van der Waals surface area contributed by atoms with Crippen LogP contribution in [0.2, 0.25) is 0 Å². The number of nitrogens with zero attached hydrogens (tertiary/aromatic N) is 2. The first-order chi connectivity index (χ1) is 13.2. The third-order valence-electron chi connectivity index (χ3n) is 5.24. The average Bonchev–Trinajstić information content (AvgIpc) is 3.08. The summed E-state index contributed by atoms with van der Waals surface area (Å²) < 4.78 is 5.93. The molecule has 0 spiro atoms. The van der Waals surface area contributed by atoms with Crippen LogP contribution in [-0.4, -0.2) is 20.4 Å². The fourth-order valence-corrected chi connectivity index (χ4v) is 3.68. The lowest BCUT2D eigenvalue weighted by atomic mass is 9.88. The Labute approximate surface area is 160 Å². The van der Waals surface area contributed by atoms with E-state index in [1.165, 1.54) is 16.8 Å².